The van der Waals surface area contributed by atoms with E-state index in [2.05, 4.69) is 20.6 Å². The maximum absolute atomic E-state index is 8.33. The van der Waals surface area contributed by atoms with Crippen molar-refractivity contribution in [1.82, 2.24) is 15.5 Å². The van der Waals surface area contributed by atoms with E-state index in [1.54, 1.807) is 6.92 Å². The predicted molar refractivity (Wildman–Crippen MR) is 62.9 cm³/mol. The number of aromatic nitrogens is 2. The van der Waals surface area contributed by atoms with Crippen molar-refractivity contribution in [3.63, 3.8) is 0 Å². The van der Waals surface area contributed by atoms with Gasteiger partial charge in [-0.25, -0.2) is 0 Å². The van der Waals surface area contributed by atoms with Crippen molar-refractivity contribution in [1.29, 1.82) is 0 Å². The molecule has 0 aliphatic carbocycles. The summed E-state index contributed by atoms with van der Waals surface area (Å²) in [4.78, 5) is 4.10. The minimum Gasteiger partial charge on any atom is -0.409 e. The van der Waals surface area contributed by atoms with E-state index in [-0.39, 0.29) is 5.84 Å². The van der Waals surface area contributed by atoms with Crippen LogP contribution in [0.4, 0.5) is 0 Å². The van der Waals surface area contributed by atoms with Crippen molar-refractivity contribution >= 4 is 5.84 Å². The highest BCUT2D eigenvalue weighted by Crippen LogP contribution is 1.96. The second-order valence-corrected chi connectivity index (χ2v) is 3.78. The Bertz CT molecular complexity index is 350. The number of amidine groups is 1. The van der Waals surface area contributed by atoms with Crippen LogP contribution < -0.4 is 11.1 Å². The minimum atomic E-state index is 0.284. The van der Waals surface area contributed by atoms with Gasteiger partial charge in [0.1, 0.15) is 5.84 Å². The molecule has 7 nitrogen and oxygen atoms in total. The Kier molecular flexibility index (Phi) is 6.02. The SMILES string of the molecule is Cc1noc(CCNCCCCC(N)=NO)n1. The summed E-state index contributed by atoms with van der Waals surface area (Å²) in [6, 6.07) is 0. The molecule has 1 aromatic heterocycles. The molecule has 96 valence electrons. The van der Waals surface area contributed by atoms with E-state index in [0.29, 0.717) is 18.1 Å². The molecule has 0 aliphatic heterocycles. The standard InChI is InChI=1S/C10H19N5O2/c1-8-13-10(17-15-8)5-7-12-6-3-2-4-9(11)14-16/h12,16H,2-7H2,1H3,(H2,11,14). The smallest absolute Gasteiger partial charge is 0.227 e. The third-order valence-corrected chi connectivity index (χ3v) is 2.25. The van der Waals surface area contributed by atoms with Gasteiger partial charge in [-0.05, 0) is 26.3 Å². The molecule has 0 unspecified atom stereocenters. The quantitative estimate of drug-likeness (QED) is 0.200. The summed E-state index contributed by atoms with van der Waals surface area (Å²) in [6.45, 7) is 3.50. The lowest BCUT2D eigenvalue weighted by atomic mass is 10.2. The summed E-state index contributed by atoms with van der Waals surface area (Å²) in [5.74, 6) is 1.61. The molecule has 0 spiro atoms. The zero-order valence-corrected chi connectivity index (χ0v) is 10.0. The van der Waals surface area contributed by atoms with Crippen LogP contribution in [0.2, 0.25) is 0 Å². The number of aryl methyl sites for hydroxylation is 1. The average Bonchev–Trinajstić information content (AvgIpc) is 2.73. The molecular formula is C10H19N5O2. The molecule has 4 N–H and O–H groups in total. The Morgan fingerprint density at radius 3 is 2.94 bits per heavy atom. The van der Waals surface area contributed by atoms with Crippen LogP contribution in [0.25, 0.3) is 0 Å². The largest absolute Gasteiger partial charge is 0.409 e. The molecule has 0 atom stereocenters. The number of oxime groups is 1. The van der Waals surface area contributed by atoms with Gasteiger partial charge in [-0.15, -0.1) is 0 Å². The summed E-state index contributed by atoms with van der Waals surface area (Å²) >= 11 is 0. The lowest BCUT2D eigenvalue weighted by Crippen LogP contribution is -2.19. The zero-order valence-electron chi connectivity index (χ0n) is 10.0. The molecule has 0 bridgehead atoms. The number of unbranched alkanes of at least 4 members (excludes halogenated alkanes) is 1. The van der Waals surface area contributed by atoms with E-state index in [0.717, 1.165) is 32.4 Å². The fourth-order valence-corrected chi connectivity index (χ4v) is 1.37. The minimum absolute atomic E-state index is 0.284. The molecule has 7 heteroatoms. The number of hydrogen-bond acceptors (Lipinski definition) is 6. The topological polar surface area (TPSA) is 110 Å². The van der Waals surface area contributed by atoms with Crippen LogP contribution >= 0.6 is 0 Å². The van der Waals surface area contributed by atoms with Crippen LogP contribution in [0.5, 0.6) is 0 Å². The lowest BCUT2D eigenvalue weighted by molar-refractivity contribution is 0.316. The fourth-order valence-electron chi connectivity index (χ4n) is 1.37. The number of hydrogen-bond donors (Lipinski definition) is 3. The van der Waals surface area contributed by atoms with Gasteiger partial charge in [-0.3, -0.25) is 0 Å². The van der Waals surface area contributed by atoms with Gasteiger partial charge >= 0.3 is 0 Å². The van der Waals surface area contributed by atoms with Crippen molar-refractivity contribution in [2.45, 2.75) is 32.6 Å². The summed E-state index contributed by atoms with van der Waals surface area (Å²) in [5.41, 5.74) is 5.34. The van der Waals surface area contributed by atoms with Crippen molar-refractivity contribution < 1.29 is 9.73 Å². The maximum Gasteiger partial charge on any atom is 0.227 e. The summed E-state index contributed by atoms with van der Waals surface area (Å²) in [6.07, 6.45) is 3.25. The van der Waals surface area contributed by atoms with Crippen LogP contribution in [-0.4, -0.2) is 34.3 Å². The van der Waals surface area contributed by atoms with Gasteiger partial charge in [0.15, 0.2) is 5.82 Å². The van der Waals surface area contributed by atoms with Gasteiger partial charge in [-0.1, -0.05) is 10.3 Å². The molecule has 0 fully saturated rings. The first kappa shape index (κ1) is 13.4. The lowest BCUT2D eigenvalue weighted by Gasteiger charge is -2.02. The highest BCUT2D eigenvalue weighted by atomic mass is 16.5. The Balaban J connectivity index is 1.94. The van der Waals surface area contributed by atoms with Gasteiger partial charge in [0.25, 0.3) is 0 Å². The molecule has 0 aromatic carbocycles. The van der Waals surface area contributed by atoms with E-state index in [1.807, 2.05) is 0 Å². The molecule has 0 amide bonds. The van der Waals surface area contributed by atoms with Crippen molar-refractivity contribution in [3.8, 4) is 0 Å². The number of nitrogens with one attached hydrogen (secondary N) is 1. The predicted octanol–water partition coefficient (Wildman–Crippen LogP) is 0.427. The van der Waals surface area contributed by atoms with Gasteiger partial charge < -0.3 is 20.8 Å². The van der Waals surface area contributed by atoms with Crippen LogP contribution in [0, 0.1) is 6.92 Å². The Morgan fingerprint density at radius 1 is 1.47 bits per heavy atom. The van der Waals surface area contributed by atoms with E-state index in [1.165, 1.54) is 0 Å². The Morgan fingerprint density at radius 2 is 2.29 bits per heavy atom. The van der Waals surface area contributed by atoms with Crippen LogP contribution in [0.3, 0.4) is 0 Å². The van der Waals surface area contributed by atoms with Crippen LogP contribution in [0.1, 0.15) is 31.0 Å². The zero-order chi connectivity index (χ0) is 12.5. The molecule has 1 rings (SSSR count). The molecule has 0 aliphatic rings. The number of nitrogens with zero attached hydrogens (tertiary/aromatic N) is 3. The number of rotatable bonds is 8. The van der Waals surface area contributed by atoms with E-state index in [9.17, 15) is 0 Å². The van der Waals surface area contributed by atoms with Gasteiger partial charge in [0, 0.05) is 19.4 Å². The van der Waals surface area contributed by atoms with E-state index >= 15 is 0 Å². The van der Waals surface area contributed by atoms with Crippen molar-refractivity contribution in [2.24, 2.45) is 10.9 Å². The van der Waals surface area contributed by atoms with Crippen molar-refractivity contribution in [3.05, 3.63) is 11.7 Å². The number of nitrogens with two attached hydrogens (primary N) is 1. The molecule has 1 heterocycles. The summed E-state index contributed by atoms with van der Waals surface area (Å²) in [5, 5.41) is 18.2. The first-order valence-corrected chi connectivity index (χ1v) is 5.68. The monoisotopic (exact) mass is 241 g/mol. The molecule has 0 radical (unpaired) electrons. The Labute approximate surface area is 100 Å². The first-order valence-electron chi connectivity index (χ1n) is 5.68. The summed E-state index contributed by atoms with van der Waals surface area (Å²) < 4.78 is 4.98. The molecule has 1 aromatic rings. The summed E-state index contributed by atoms with van der Waals surface area (Å²) in [7, 11) is 0. The van der Waals surface area contributed by atoms with E-state index in [4.69, 9.17) is 15.5 Å². The Hall–Kier alpha value is -1.63. The fraction of sp³-hybridized carbons (Fsp3) is 0.700. The average molecular weight is 241 g/mol. The van der Waals surface area contributed by atoms with Crippen LogP contribution in [-0.2, 0) is 6.42 Å². The van der Waals surface area contributed by atoms with Gasteiger partial charge in [0.2, 0.25) is 5.89 Å². The first-order chi connectivity index (χ1) is 8.22. The maximum atomic E-state index is 8.33. The van der Waals surface area contributed by atoms with Crippen molar-refractivity contribution in [2.75, 3.05) is 13.1 Å². The van der Waals surface area contributed by atoms with Gasteiger partial charge in [-0.2, -0.15) is 4.98 Å². The molecule has 17 heavy (non-hydrogen) atoms. The second-order valence-electron chi connectivity index (χ2n) is 3.78. The highest BCUT2D eigenvalue weighted by molar-refractivity contribution is 5.79. The normalized spacial score (nSPS) is 11.9. The van der Waals surface area contributed by atoms with Gasteiger partial charge in [0.05, 0.1) is 0 Å². The third kappa shape index (κ3) is 5.86. The molecule has 0 saturated carbocycles. The van der Waals surface area contributed by atoms with Crippen LogP contribution in [0.15, 0.2) is 9.68 Å². The van der Waals surface area contributed by atoms with E-state index < -0.39 is 0 Å². The molecule has 0 saturated heterocycles. The third-order valence-electron chi connectivity index (χ3n) is 2.25. The second kappa shape index (κ2) is 7.61. The highest BCUT2D eigenvalue weighted by Gasteiger charge is 2.01. The molecular weight excluding hydrogens is 222 g/mol.